The first kappa shape index (κ1) is 12.3. The van der Waals surface area contributed by atoms with Crippen LogP contribution in [-0.2, 0) is 14.8 Å². The topological polar surface area (TPSA) is 115 Å². The Kier molecular flexibility index (Phi) is 3.41. The third-order valence-corrected chi connectivity index (χ3v) is 2.75. The molecule has 86 valence electrons. The van der Waals surface area contributed by atoms with Crippen LogP contribution in [0.15, 0.2) is 29.2 Å². The largest absolute Gasteiger partial charge is 0.481 e. The maximum Gasteiger partial charge on any atom is 0.311 e. The fourth-order valence-corrected chi connectivity index (χ4v) is 1.59. The van der Waals surface area contributed by atoms with Crippen molar-refractivity contribution in [1.29, 1.82) is 0 Å². The van der Waals surface area contributed by atoms with Gasteiger partial charge in [-0.3, -0.25) is 9.59 Å². The molecule has 16 heavy (non-hydrogen) atoms. The van der Waals surface area contributed by atoms with Gasteiger partial charge in [0.2, 0.25) is 10.0 Å². The van der Waals surface area contributed by atoms with Crippen LogP contribution in [0.5, 0.6) is 0 Å². The number of nitrogens with two attached hydrogens (primary N) is 1. The van der Waals surface area contributed by atoms with Gasteiger partial charge in [-0.25, -0.2) is 13.6 Å². The molecule has 7 heteroatoms. The van der Waals surface area contributed by atoms with Gasteiger partial charge >= 0.3 is 5.97 Å². The third-order valence-electron chi connectivity index (χ3n) is 1.82. The molecule has 3 N–H and O–H groups in total. The van der Waals surface area contributed by atoms with Gasteiger partial charge in [-0.1, -0.05) is 12.1 Å². The molecule has 0 unspecified atom stereocenters. The van der Waals surface area contributed by atoms with Gasteiger partial charge in [0.15, 0.2) is 5.78 Å². The highest BCUT2D eigenvalue weighted by Crippen LogP contribution is 2.10. The summed E-state index contributed by atoms with van der Waals surface area (Å²) in [7, 11) is -3.80. The van der Waals surface area contributed by atoms with Gasteiger partial charge in [0.25, 0.3) is 0 Å². The molecular weight excluding hydrogens is 234 g/mol. The summed E-state index contributed by atoms with van der Waals surface area (Å²) in [5, 5.41) is 13.2. The average molecular weight is 243 g/mol. The zero-order valence-electron chi connectivity index (χ0n) is 8.08. The van der Waals surface area contributed by atoms with E-state index in [2.05, 4.69) is 0 Å². The smallest absolute Gasteiger partial charge is 0.311 e. The fraction of sp³-hybridized carbons (Fsp3) is 0.111. The molecule has 0 amide bonds. The summed E-state index contributed by atoms with van der Waals surface area (Å²) >= 11 is 0. The zero-order valence-corrected chi connectivity index (χ0v) is 8.90. The number of rotatable bonds is 4. The van der Waals surface area contributed by atoms with Crippen molar-refractivity contribution in [3.05, 3.63) is 29.8 Å². The minimum Gasteiger partial charge on any atom is -0.481 e. The molecule has 0 aromatic heterocycles. The molecule has 1 aromatic rings. The van der Waals surface area contributed by atoms with Crippen molar-refractivity contribution in [2.24, 2.45) is 5.14 Å². The van der Waals surface area contributed by atoms with Crippen LogP contribution >= 0.6 is 0 Å². The number of benzene rings is 1. The zero-order chi connectivity index (χ0) is 12.3. The lowest BCUT2D eigenvalue weighted by Gasteiger charge is -2.00. The van der Waals surface area contributed by atoms with Crippen LogP contribution in [-0.4, -0.2) is 25.3 Å². The van der Waals surface area contributed by atoms with Crippen molar-refractivity contribution in [2.45, 2.75) is 11.3 Å². The van der Waals surface area contributed by atoms with Gasteiger partial charge in [-0.15, -0.1) is 0 Å². The van der Waals surface area contributed by atoms with Crippen molar-refractivity contribution in [2.75, 3.05) is 0 Å². The second kappa shape index (κ2) is 4.42. The van der Waals surface area contributed by atoms with Crippen LogP contribution in [0.4, 0.5) is 0 Å². The molecule has 0 radical (unpaired) electrons. The molecule has 0 fully saturated rings. The number of sulfonamides is 1. The number of primary sulfonamides is 1. The lowest BCUT2D eigenvalue weighted by atomic mass is 10.1. The molecule has 0 aliphatic heterocycles. The number of aliphatic carboxylic acids is 1. The normalized spacial score (nSPS) is 11.1. The van der Waals surface area contributed by atoms with E-state index < -0.39 is 28.2 Å². The molecule has 1 rings (SSSR count). The predicted octanol–water partition coefficient (Wildman–Crippen LogP) is -0.00860. The number of carboxylic acid groups (broad SMARTS) is 1. The minimum absolute atomic E-state index is 0.126. The minimum atomic E-state index is -3.80. The lowest BCUT2D eigenvalue weighted by Crippen LogP contribution is -2.12. The van der Waals surface area contributed by atoms with Crippen LogP contribution < -0.4 is 5.14 Å². The summed E-state index contributed by atoms with van der Waals surface area (Å²) in [6, 6.07) is 4.77. The highest BCUT2D eigenvalue weighted by atomic mass is 32.2. The number of hydrogen-bond acceptors (Lipinski definition) is 4. The van der Waals surface area contributed by atoms with Crippen LogP contribution in [0.25, 0.3) is 0 Å². The molecule has 0 spiro atoms. The molecule has 0 heterocycles. The number of hydrogen-bond donors (Lipinski definition) is 2. The third kappa shape index (κ3) is 3.14. The molecule has 0 saturated carbocycles. The average Bonchev–Trinajstić information content (AvgIpc) is 2.15. The number of carbonyl (C=O) groups is 2. The van der Waals surface area contributed by atoms with Crippen molar-refractivity contribution in [3.8, 4) is 0 Å². The van der Waals surface area contributed by atoms with E-state index in [0.29, 0.717) is 0 Å². The highest BCUT2D eigenvalue weighted by molar-refractivity contribution is 7.89. The maximum absolute atomic E-state index is 11.3. The molecule has 0 saturated heterocycles. The molecule has 1 aromatic carbocycles. The van der Waals surface area contributed by atoms with E-state index in [1.54, 1.807) is 0 Å². The van der Waals surface area contributed by atoms with E-state index >= 15 is 0 Å². The van der Waals surface area contributed by atoms with Gasteiger partial charge in [0, 0.05) is 5.56 Å². The Bertz CT molecular complexity index is 517. The Labute approximate surface area is 91.7 Å². The summed E-state index contributed by atoms with van der Waals surface area (Å²) in [5.74, 6) is -1.83. The van der Waals surface area contributed by atoms with Crippen molar-refractivity contribution in [1.82, 2.24) is 0 Å². The monoisotopic (exact) mass is 243 g/mol. The van der Waals surface area contributed by atoms with Crippen molar-refractivity contribution in [3.63, 3.8) is 0 Å². The molecule has 6 nitrogen and oxygen atoms in total. The Morgan fingerprint density at radius 1 is 1.19 bits per heavy atom. The van der Waals surface area contributed by atoms with E-state index in [4.69, 9.17) is 10.2 Å². The van der Waals surface area contributed by atoms with E-state index in [1.807, 2.05) is 0 Å². The summed E-state index contributed by atoms with van der Waals surface area (Å²) in [6.07, 6.45) is -0.630. The number of Topliss-reactive ketones (excluding diaryl/α,β-unsaturated/α-hetero) is 1. The number of carboxylic acids is 1. The van der Waals surface area contributed by atoms with E-state index in [-0.39, 0.29) is 10.5 Å². The number of carbonyl (C=O) groups excluding carboxylic acids is 1. The molecular formula is C9H9NO5S. The van der Waals surface area contributed by atoms with Gasteiger partial charge < -0.3 is 5.11 Å². The Hall–Kier alpha value is -1.73. The summed E-state index contributed by atoms with van der Waals surface area (Å²) in [6.45, 7) is 0. The lowest BCUT2D eigenvalue weighted by molar-refractivity contribution is -0.135. The maximum atomic E-state index is 11.3. The van der Waals surface area contributed by atoms with Crippen LogP contribution in [0.1, 0.15) is 16.8 Å². The van der Waals surface area contributed by atoms with Gasteiger partial charge in [0.05, 0.1) is 4.90 Å². The van der Waals surface area contributed by atoms with Gasteiger partial charge in [-0.2, -0.15) is 0 Å². The Morgan fingerprint density at radius 3 is 2.06 bits per heavy atom. The first-order valence-electron chi connectivity index (χ1n) is 4.18. The quantitative estimate of drug-likeness (QED) is 0.570. The van der Waals surface area contributed by atoms with Gasteiger partial charge in [-0.05, 0) is 12.1 Å². The van der Waals surface area contributed by atoms with Gasteiger partial charge in [0.1, 0.15) is 6.42 Å². The van der Waals surface area contributed by atoms with E-state index in [1.165, 1.54) is 12.1 Å². The SMILES string of the molecule is NS(=O)(=O)c1ccc(C(=O)CC(=O)O)cc1. The second-order valence-corrected chi connectivity index (χ2v) is 4.62. The Morgan fingerprint density at radius 2 is 1.69 bits per heavy atom. The highest BCUT2D eigenvalue weighted by Gasteiger charge is 2.12. The summed E-state index contributed by atoms with van der Waals surface area (Å²) in [4.78, 5) is 21.4. The van der Waals surface area contributed by atoms with Crippen molar-refractivity contribution < 1.29 is 23.1 Å². The molecule has 0 aliphatic carbocycles. The van der Waals surface area contributed by atoms with Crippen molar-refractivity contribution >= 4 is 21.8 Å². The fourth-order valence-electron chi connectivity index (χ4n) is 1.07. The molecule has 0 aliphatic rings. The molecule has 0 atom stereocenters. The van der Waals surface area contributed by atoms with Crippen LogP contribution in [0.2, 0.25) is 0 Å². The summed E-state index contributed by atoms with van der Waals surface area (Å²) < 4.78 is 21.8. The second-order valence-electron chi connectivity index (χ2n) is 3.06. The van der Waals surface area contributed by atoms with Crippen LogP contribution in [0, 0.1) is 0 Å². The summed E-state index contributed by atoms with van der Waals surface area (Å²) in [5.41, 5.74) is 0.134. The number of ketones is 1. The van der Waals surface area contributed by atoms with E-state index in [0.717, 1.165) is 12.1 Å². The van der Waals surface area contributed by atoms with Crippen LogP contribution in [0.3, 0.4) is 0 Å². The predicted molar refractivity (Wildman–Crippen MR) is 54.4 cm³/mol. The van der Waals surface area contributed by atoms with E-state index in [9.17, 15) is 18.0 Å². The Balaban J connectivity index is 2.96. The standard InChI is InChI=1S/C9H9NO5S/c10-16(14,15)7-3-1-6(2-4-7)8(11)5-9(12)13/h1-4H,5H2,(H,12,13)(H2,10,14,15). The first-order valence-corrected chi connectivity index (χ1v) is 5.73. The first-order chi connectivity index (χ1) is 7.30. The molecule has 0 bridgehead atoms.